The number of halogens is 2. The molecule has 322 valence electrons. The Morgan fingerprint density at radius 2 is 0.662 bits per heavy atom. The van der Waals surface area contributed by atoms with E-state index in [0.29, 0.717) is 11.4 Å². The molecular formula is C64H42F2N2. The molecule has 68 heavy (non-hydrogen) atoms. The first-order valence-corrected chi connectivity index (χ1v) is 22.9. The minimum Gasteiger partial charge on any atom is -0.307 e. The lowest BCUT2D eigenvalue weighted by molar-refractivity contribution is 0.629. The topological polar surface area (TPSA) is 6.48 Å². The largest absolute Gasteiger partial charge is 0.307 e. The summed E-state index contributed by atoms with van der Waals surface area (Å²) in [6.45, 7) is 0. The van der Waals surface area contributed by atoms with E-state index >= 15 is 8.78 Å². The molecule has 12 aromatic carbocycles. The van der Waals surface area contributed by atoms with E-state index in [0.717, 1.165) is 99.6 Å². The van der Waals surface area contributed by atoms with E-state index in [4.69, 9.17) is 0 Å². The van der Waals surface area contributed by atoms with Gasteiger partial charge >= 0.3 is 0 Å². The van der Waals surface area contributed by atoms with Crippen LogP contribution < -0.4 is 9.80 Å². The molecule has 0 spiro atoms. The SMILES string of the molecule is Fc1cc(-c2ccccc2)ccc1N(c1ccc(-c2ccccc2)cc1)c1ccc2ccc3c(N(c4ccccc4)c4c(F)cc(-c5ccccc5)cc4-c4ccccc4)ccc4ccc1c2c43. The smallest absolute Gasteiger partial charge is 0.148 e. The third-order valence-electron chi connectivity index (χ3n) is 13.1. The third-order valence-corrected chi connectivity index (χ3v) is 13.1. The van der Waals surface area contributed by atoms with Crippen LogP contribution in [-0.4, -0.2) is 0 Å². The van der Waals surface area contributed by atoms with Gasteiger partial charge in [-0.05, 0) is 121 Å². The number of hydrogen-bond donors (Lipinski definition) is 0. The number of para-hydroxylation sites is 1. The van der Waals surface area contributed by atoms with Crippen molar-refractivity contribution in [1.29, 1.82) is 0 Å². The Hall–Kier alpha value is -8.86. The summed E-state index contributed by atoms with van der Waals surface area (Å²) in [6.07, 6.45) is 0. The zero-order valence-corrected chi connectivity index (χ0v) is 36.9. The molecule has 0 atom stereocenters. The van der Waals surface area contributed by atoms with Gasteiger partial charge < -0.3 is 9.80 Å². The minimum atomic E-state index is -0.337. The van der Waals surface area contributed by atoms with Crippen LogP contribution in [0.3, 0.4) is 0 Å². The van der Waals surface area contributed by atoms with Gasteiger partial charge in [0.25, 0.3) is 0 Å². The van der Waals surface area contributed by atoms with Crippen molar-refractivity contribution in [2.75, 3.05) is 9.80 Å². The highest BCUT2D eigenvalue weighted by Crippen LogP contribution is 2.50. The van der Waals surface area contributed by atoms with Crippen LogP contribution in [0, 0.1) is 11.6 Å². The summed E-state index contributed by atoms with van der Waals surface area (Å²) in [4.78, 5) is 4.11. The molecule has 12 aromatic rings. The fraction of sp³-hybridized carbons (Fsp3) is 0. The Bertz CT molecular complexity index is 3730. The molecule has 0 aliphatic carbocycles. The number of nitrogens with zero attached hydrogens (tertiary/aromatic N) is 2. The predicted octanol–water partition coefficient (Wildman–Crippen LogP) is 18.5. The van der Waals surface area contributed by atoms with Gasteiger partial charge in [-0.3, -0.25) is 0 Å². The number of rotatable bonds is 10. The molecule has 0 bridgehead atoms. The Balaban J connectivity index is 1.08. The van der Waals surface area contributed by atoms with Gasteiger partial charge in [0.2, 0.25) is 0 Å². The quantitative estimate of drug-likeness (QED) is 0.126. The molecule has 0 unspecified atom stereocenters. The second kappa shape index (κ2) is 17.2. The molecular weight excluding hydrogens is 835 g/mol. The van der Waals surface area contributed by atoms with Crippen LogP contribution in [0.15, 0.2) is 255 Å². The lowest BCUT2D eigenvalue weighted by Gasteiger charge is -2.31. The molecule has 0 fully saturated rings. The average Bonchev–Trinajstić information content (AvgIpc) is 3.41. The second-order valence-corrected chi connectivity index (χ2v) is 17.1. The highest BCUT2D eigenvalue weighted by Gasteiger charge is 2.27. The molecule has 0 aliphatic rings. The van der Waals surface area contributed by atoms with Gasteiger partial charge in [-0.15, -0.1) is 0 Å². The maximum atomic E-state index is 17.6. The van der Waals surface area contributed by atoms with E-state index in [1.165, 1.54) is 0 Å². The van der Waals surface area contributed by atoms with Crippen LogP contribution >= 0.6 is 0 Å². The lowest BCUT2D eigenvalue weighted by atomic mass is 9.91. The summed E-state index contributed by atoms with van der Waals surface area (Å²) >= 11 is 0. The van der Waals surface area contributed by atoms with E-state index in [9.17, 15) is 0 Å². The van der Waals surface area contributed by atoms with Gasteiger partial charge in [0.05, 0.1) is 22.7 Å². The number of benzene rings is 12. The zero-order chi connectivity index (χ0) is 45.6. The van der Waals surface area contributed by atoms with Gasteiger partial charge in [0.1, 0.15) is 11.6 Å². The predicted molar refractivity (Wildman–Crippen MR) is 281 cm³/mol. The Morgan fingerprint density at radius 1 is 0.265 bits per heavy atom. The molecule has 4 heteroatoms. The lowest BCUT2D eigenvalue weighted by Crippen LogP contribution is -2.14. The molecule has 0 N–H and O–H groups in total. The fourth-order valence-corrected chi connectivity index (χ4v) is 9.93. The van der Waals surface area contributed by atoms with E-state index in [-0.39, 0.29) is 11.6 Å². The van der Waals surface area contributed by atoms with E-state index in [2.05, 4.69) is 95.9 Å². The molecule has 12 rings (SSSR count). The summed E-state index contributed by atoms with van der Waals surface area (Å²) in [6, 6.07) is 85.0. The van der Waals surface area contributed by atoms with Crippen LogP contribution in [-0.2, 0) is 0 Å². The maximum absolute atomic E-state index is 17.6. The van der Waals surface area contributed by atoms with Crippen LogP contribution in [0.1, 0.15) is 0 Å². The molecule has 0 aliphatic heterocycles. The van der Waals surface area contributed by atoms with Crippen LogP contribution in [0.4, 0.5) is 42.9 Å². The molecule has 2 nitrogen and oxygen atoms in total. The Labute approximate surface area is 394 Å². The van der Waals surface area contributed by atoms with Crippen LogP contribution in [0.25, 0.3) is 76.8 Å². The summed E-state index contributed by atoms with van der Waals surface area (Å²) < 4.78 is 34.6. The summed E-state index contributed by atoms with van der Waals surface area (Å²) in [5, 5.41) is 6.11. The van der Waals surface area contributed by atoms with Gasteiger partial charge in [0.15, 0.2) is 0 Å². The van der Waals surface area contributed by atoms with Crippen molar-refractivity contribution >= 4 is 66.4 Å². The molecule has 0 heterocycles. The third kappa shape index (κ3) is 7.20. The molecule has 0 saturated carbocycles. The fourth-order valence-electron chi connectivity index (χ4n) is 9.93. The zero-order valence-electron chi connectivity index (χ0n) is 36.9. The summed E-state index contributed by atoms with van der Waals surface area (Å²) in [5.74, 6) is -0.671. The summed E-state index contributed by atoms with van der Waals surface area (Å²) in [5.41, 5.74) is 11.6. The van der Waals surface area contributed by atoms with Crippen molar-refractivity contribution in [1.82, 2.24) is 0 Å². The van der Waals surface area contributed by atoms with Gasteiger partial charge in [-0.1, -0.05) is 194 Å². The first-order valence-electron chi connectivity index (χ1n) is 22.9. The molecule has 0 saturated heterocycles. The van der Waals surface area contributed by atoms with Crippen LogP contribution in [0.2, 0.25) is 0 Å². The van der Waals surface area contributed by atoms with Crippen molar-refractivity contribution in [3.63, 3.8) is 0 Å². The first-order chi connectivity index (χ1) is 33.6. The molecule has 0 aromatic heterocycles. The average molecular weight is 877 g/mol. The Morgan fingerprint density at radius 3 is 1.21 bits per heavy atom. The number of anilines is 6. The molecule has 0 radical (unpaired) electrons. The normalized spacial score (nSPS) is 11.4. The van der Waals surface area contributed by atoms with E-state index in [1.807, 2.05) is 157 Å². The van der Waals surface area contributed by atoms with Crippen molar-refractivity contribution < 1.29 is 8.78 Å². The van der Waals surface area contributed by atoms with Crippen molar-refractivity contribution in [2.45, 2.75) is 0 Å². The Kier molecular flexibility index (Phi) is 10.3. The second-order valence-electron chi connectivity index (χ2n) is 17.1. The first kappa shape index (κ1) is 40.6. The minimum absolute atomic E-state index is 0.334. The van der Waals surface area contributed by atoms with Crippen molar-refractivity contribution in [3.8, 4) is 44.5 Å². The van der Waals surface area contributed by atoms with E-state index < -0.39 is 0 Å². The van der Waals surface area contributed by atoms with Crippen LogP contribution in [0.5, 0.6) is 0 Å². The van der Waals surface area contributed by atoms with Crippen molar-refractivity contribution in [2.24, 2.45) is 0 Å². The highest BCUT2D eigenvalue weighted by atomic mass is 19.1. The monoisotopic (exact) mass is 876 g/mol. The van der Waals surface area contributed by atoms with Gasteiger partial charge in [-0.2, -0.15) is 0 Å². The van der Waals surface area contributed by atoms with Crippen molar-refractivity contribution in [3.05, 3.63) is 266 Å². The molecule has 0 amide bonds. The highest BCUT2D eigenvalue weighted by molar-refractivity contribution is 6.28. The number of hydrogen-bond acceptors (Lipinski definition) is 2. The maximum Gasteiger partial charge on any atom is 0.148 e. The standard InChI is InChI=1S/C64H42F2N2/c65-57-41-50(44-18-8-2-9-19-44)32-39-61(57)67(53-33-26-46(27-34-53)43-16-6-1-7-17-43)59-37-30-48-29-36-55-60(38-31-49-28-35-54(59)62(48)63(49)55)68(52-24-14-5-15-25-52)64-56(47-22-12-4-13-23-47)40-51(42-58(64)66)45-20-10-3-11-21-45/h1-42H. The van der Waals surface area contributed by atoms with Gasteiger partial charge in [-0.25, -0.2) is 8.78 Å². The summed E-state index contributed by atoms with van der Waals surface area (Å²) in [7, 11) is 0. The van der Waals surface area contributed by atoms with Gasteiger partial charge in [0, 0.05) is 27.7 Å². The van der Waals surface area contributed by atoms with E-state index in [1.54, 1.807) is 12.1 Å².